The van der Waals surface area contributed by atoms with Crippen molar-refractivity contribution in [1.82, 2.24) is 5.32 Å². The minimum absolute atomic E-state index is 0.0379. The monoisotopic (exact) mass is 335 g/mol. The normalized spacial score (nSPS) is 37.5. The highest BCUT2D eigenvalue weighted by Gasteiger charge is 2.64. The maximum atomic E-state index is 10.5. The minimum atomic E-state index is -1.76. The van der Waals surface area contributed by atoms with E-state index in [4.69, 9.17) is 23.7 Å². The Labute approximate surface area is 133 Å². The lowest BCUT2D eigenvalue weighted by Gasteiger charge is -2.31. The molecule has 0 radical (unpaired) electrons. The Kier molecular flexibility index (Phi) is 5.35. The second-order valence-corrected chi connectivity index (χ2v) is 11.8. The van der Waals surface area contributed by atoms with E-state index in [2.05, 4.69) is 25.0 Å². The Hall–Kier alpha value is -0.0631. The van der Waals surface area contributed by atoms with E-state index in [0.717, 1.165) is 0 Å². The molecule has 0 bridgehead atoms. The second-order valence-electron chi connectivity index (χ2n) is 7.33. The molecule has 2 heterocycles. The summed E-state index contributed by atoms with van der Waals surface area (Å²) in [7, 11) is -1.76. The van der Waals surface area contributed by atoms with Crippen LogP contribution in [0.5, 0.6) is 0 Å². The van der Waals surface area contributed by atoms with E-state index in [9.17, 15) is 5.11 Å². The molecule has 4 atom stereocenters. The largest absolute Gasteiger partial charge is 0.412 e. The van der Waals surface area contributed by atoms with Crippen LogP contribution in [0.25, 0.3) is 0 Å². The van der Waals surface area contributed by atoms with Crippen LogP contribution in [0.3, 0.4) is 0 Å². The van der Waals surface area contributed by atoms with Crippen molar-refractivity contribution in [2.45, 2.75) is 63.4 Å². The molecular formula is C14H29NO6Si. The molecule has 0 aliphatic carbocycles. The predicted octanol–water partition coefficient (Wildman–Crippen LogP) is 0.0273. The Morgan fingerprint density at radius 1 is 1.23 bits per heavy atom. The average Bonchev–Trinajstić information content (AvgIpc) is 2.78. The van der Waals surface area contributed by atoms with Gasteiger partial charge in [-0.05, 0) is 33.5 Å². The smallest absolute Gasteiger partial charge is 0.223 e. The first-order valence-corrected chi connectivity index (χ1v) is 11.2. The molecule has 22 heavy (non-hydrogen) atoms. The molecule has 2 rings (SSSR count). The van der Waals surface area contributed by atoms with Gasteiger partial charge in [0, 0.05) is 13.1 Å². The molecule has 130 valence electrons. The predicted molar refractivity (Wildman–Crippen MR) is 82.9 cm³/mol. The average molecular weight is 335 g/mol. The number of hydrogen-bond acceptors (Lipinski definition) is 7. The molecular weight excluding hydrogens is 306 g/mol. The van der Waals surface area contributed by atoms with Crippen molar-refractivity contribution >= 4 is 8.32 Å². The third-order valence-corrected chi connectivity index (χ3v) is 4.66. The van der Waals surface area contributed by atoms with Gasteiger partial charge in [0.2, 0.25) is 5.79 Å². The molecule has 0 amide bonds. The van der Waals surface area contributed by atoms with Crippen molar-refractivity contribution < 1.29 is 28.8 Å². The third-order valence-electron chi connectivity index (χ3n) is 3.65. The van der Waals surface area contributed by atoms with Gasteiger partial charge < -0.3 is 34.2 Å². The van der Waals surface area contributed by atoms with Gasteiger partial charge >= 0.3 is 0 Å². The summed E-state index contributed by atoms with van der Waals surface area (Å²) in [4.78, 5) is 0. The molecule has 7 nitrogen and oxygen atoms in total. The van der Waals surface area contributed by atoms with Crippen molar-refractivity contribution in [2.75, 3.05) is 26.3 Å². The summed E-state index contributed by atoms with van der Waals surface area (Å²) in [6, 6.07) is 0. The van der Waals surface area contributed by atoms with Gasteiger partial charge in [-0.2, -0.15) is 0 Å². The number of rotatable bonds is 7. The van der Waals surface area contributed by atoms with Crippen LogP contribution in [-0.2, 0) is 18.6 Å². The minimum Gasteiger partial charge on any atom is -0.412 e. The second kappa shape index (κ2) is 6.44. The fraction of sp³-hybridized carbons (Fsp3) is 1.00. The summed E-state index contributed by atoms with van der Waals surface area (Å²) in [5.41, 5.74) is 0. The molecule has 2 saturated heterocycles. The van der Waals surface area contributed by atoms with Gasteiger partial charge in [0.05, 0.1) is 13.2 Å². The molecule has 0 spiro atoms. The number of aliphatic hydroxyl groups excluding tert-OH is 2. The molecule has 0 aromatic heterocycles. The summed E-state index contributed by atoms with van der Waals surface area (Å²) in [5, 5.41) is 22.4. The van der Waals surface area contributed by atoms with E-state index < -0.39 is 38.2 Å². The van der Waals surface area contributed by atoms with Gasteiger partial charge in [0.25, 0.3) is 0 Å². The topological polar surface area (TPSA) is 89.4 Å². The van der Waals surface area contributed by atoms with Crippen LogP contribution < -0.4 is 5.32 Å². The van der Waals surface area contributed by atoms with Crippen molar-refractivity contribution in [1.29, 1.82) is 0 Å². The summed E-state index contributed by atoms with van der Waals surface area (Å²) in [6.07, 6.45) is -1.85. The molecule has 2 aliphatic heterocycles. The standard InChI is InChI=1S/C14H29NO6Si/c1-13(2)20-12-11(17)10(8-15-6-7-16)19-14(12,21-13)9-18-22(3,4)5/h10-12,15-17H,6-9H2,1-5H3/t10-,11+,12-,14-/m0/s1. The van der Waals surface area contributed by atoms with Crippen LogP contribution >= 0.6 is 0 Å². The molecule has 0 saturated carbocycles. The fourth-order valence-electron chi connectivity index (χ4n) is 2.78. The van der Waals surface area contributed by atoms with Crippen molar-refractivity contribution in [3.05, 3.63) is 0 Å². The number of hydrogen-bond donors (Lipinski definition) is 3. The Bertz CT molecular complexity index is 388. The lowest BCUT2D eigenvalue weighted by molar-refractivity contribution is -0.271. The van der Waals surface area contributed by atoms with E-state index in [1.165, 1.54) is 0 Å². The Morgan fingerprint density at radius 2 is 1.91 bits per heavy atom. The van der Waals surface area contributed by atoms with E-state index in [1.807, 2.05) is 0 Å². The van der Waals surface area contributed by atoms with Crippen LogP contribution in [0.15, 0.2) is 0 Å². The third kappa shape index (κ3) is 4.07. The lowest BCUT2D eigenvalue weighted by Crippen LogP contribution is -2.47. The molecule has 0 unspecified atom stereocenters. The highest BCUT2D eigenvalue weighted by Crippen LogP contribution is 2.45. The molecule has 0 aromatic rings. The number of aliphatic hydroxyl groups is 2. The zero-order chi connectivity index (χ0) is 16.6. The van der Waals surface area contributed by atoms with E-state index in [-0.39, 0.29) is 13.2 Å². The van der Waals surface area contributed by atoms with E-state index >= 15 is 0 Å². The SMILES string of the molecule is CC1(C)O[C@H]2[C@H](O)[C@H](CNCCO)O[C@@]2(CO[Si](C)(C)C)O1. The maximum absolute atomic E-state index is 10.5. The van der Waals surface area contributed by atoms with Gasteiger partial charge in [-0.1, -0.05) is 0 Å². The zero-order valence-electron chi connectivity index (χ0n) is 14.1. The first kappa shape index (κ1) is 18.3. The summed E-state index contributed by atoms with van der Waals surface area (Å²) >= 11 is 0. The quantitative estimate of drug-likeness (QED) is 0.447. The van der Waals surface area contributed by atoms with Gasteiger partial charge in [-0.3, -0.25) is 0 Å². The van der Waals surface area contributed by atoms with Gasteiger partial charge in [0.15, 0.2) is 14.1 Å². The van der Waals surface area contributed by atoms with Crippen LogP contribution in [-0.4, -0.2) is 74.7 Å². The number of nitrogens with one attached hydrogen (secondary N) is 1. The zero-order valence-corrected chi connectivity index (χ0v) is 15.1. The van der Waals surface area contributed by atoms with Crippen molar-refractivity contribution in [2.24, 2.45) is 0 Å². The highest BCUT2D eigenvalue weighted by atomic mass is 28.4. The maximum Gasteiger partial charge on any atom is 0.223 e. The summed E-state index contributed by atoms with van der Waals surface area (Å²) in [6.45, 7) is 11.0. The number of fused-ring (bicyclic) bond motifs is 1. The Balaban J connectivity index is 2.08. The van der Waals surface area contributed by atoms with Crippen LogP contribution in [0, 0.1) is 0 Å². The van der Waals surface area contributed by atoms with Crippen LogP contribution in [0.1, 0.15) is 13.8 Å². The van der Waals surface area contributed by atoms with Crippen LogP contribution in [0.2, 0.25) is 19.6 Å². The summed E-state index contributed by atoms with van der Waals surface area (Å²) < 4.78 is 23.8. The molecule has 3 N–H and O–H groups in total. The fourth-order valence-corrected chi connectivity index (χ4v) is 3.42. The Morgan fingerprint density at radius 3 is 2.50 bits per heavy atom. The van der Waals surface area contributed by atoms with Crippen molar-refractivity contribution in [3.8, 4) is 0 Å². The lowest BCUT2D eigenvalue weighted by atomic mass is 10.1. The first-order chi connectivity index (χ1) is 10.1. The molecule has 2 aliphatic rings. The van der Waals surface area contributed by atoms with Gasteiger partial charge in [-0.25, -0.2) is 0 Å². The van der Waals surface area contributed by atoms with E-state index in [0.29, 0.717) is 13.1 Å². The van der Waals surface area contributed by atoms with E-state index in [1.54, 1.807) is 13.8 Å². The van der Waals surface area contributed by atoms with Crippen LogP contribution in [0.4, 0.5) is 0 Å². The summed E-state index contributed by atoms with van der Waals surface area (Å²) in [5.74, 6) is -1.90. The highest BCUT2D eigenvalue weighted by molar-refractivity contribution is 6.69. The number of ether oxygens (including phenoxy) is 3. The molecule has 0 aromatic carbocycles. The van der Waals surface area contributed by atoms with Crippen molar-refractivity contribution in [3.63, 3.8) is 0 Å². The van der Waals surface area contributed by atoms with Gasteiger partial charge in [-0.15, -0.1) is 0 Å². The molecule has 2 fully saturated rings. The molecule has 8 heteroatoms. The first-order valence-electron chi connectivity index (χ1n) is 7.78. The van der Waals surface area contributed by atoms with Gasteiger partial charge in [0.1, 0.15) is 18.3 Å².